The molecule has 0 atom stereocenters. The molecule has 0 fully saturated rings. The van der Waals surface area contributed by atoms with Crippen LogP contribution in [0, 0.1) is 5.82 Å². The number of rotatable bonds is 3. The van der Waals surface area contributed by atoms with Crippen LogP contribution in [0.2, 0.25) is 0 Å². The van der Waals surface area contributed by atoms with Crippen molar-refractivity contribution in [1.29, 1.82) is 0 Å². The summed E-state index contributed by atoms with van der Waals surface area (Å²) in [4.78, 5) is 7.89. The largest absolute Gasteiger partial charge is 0.434 e. The van der Waals surface area contributed by atoms with E-state index in [0.717, 1.165) is 5.03 Å². The Labute approximate surface area is 102 Å². The highest BCUT2D eigenvalue weighted by Crippen LogP contribution is 2.29. The normalized spacial score (nSPS) is 10.2. The van der Waals surface area contributed by atoms with Crippen molar-refractivity contribution < 1.29 is 9.13 Å². The number of nitrogens with two attached hydrogens (primary N) is 1. The summed E-state index contributed by atoms with van der Waals surface area (Å²) in [5, 5.41) is 0.741. The highest BCUT2D eigenvalue weighted by atomic mass is 32.2. The lowest BCUT2D eigenvalue weighted by Crippen LogP contribution is -1.97. The molecule has 17 heavy (non-hydrogen) atoms. The molecule has 1 aromatic carbocycles. The van der Waals surface area contributed by atoms with Gasteiger partial charge in [0.2, 0.25) is 5.88 Å². The molecule has 0 unspecified atom stereocenters. The third-order valence-electron chi connectivity index (χ3n) is 2.03. The van der Waals surface area contributed by atoms with E-state index >= 15 is 0 Å². The SMILES string of the molecule is CSc1cc(Oc2c(N)cccc2F)ncn1. The number of thioether (sulfide) groups is 1. The van der Waals surface area contributed by atoms with E-state index in [0.29, 0.717) is 0 Å². The molecular weight excluding hydrogens is 241 g/mol. The minimum atomic E-state index is -0.519. The summed E-state index contributed by atoms with van der Waals surface area (Å²) >= 11 is 1.45. The molecule has 0 spiro atoms. The molecule has 0 aliphatic rings. The van der Waals surface area contributed by atoms with Crippen molar-refractivity contribution in [3.63, 3.8) is 0 Å². The van der Waals surface area contributed by atoms with Gasteiger partial charge in [0.1, 0.15) is 11.4 Å². The van der Waals surface area contributed by atoms with Crippen molar-refractivity contribution in [2.45, 2.75) is 5.03 Å². The predicted molar refractivity (Wildman–Crippen MR) is 64.7 cm³/mol. The molecule has 0 bridgehead atoms. The van der Waals surface area contributed by atoms with Gasteiger partial charge in [0.25, 0.3) is 0 Å². The average Bonchev–Trinajstić information content (AvgIpc) is 2.34. The Morgan fingerprint density at radius 3 is 2.88 bits per heavy atom. The van der Waals surface area contributed by atoms with Gasteiger partial charge < -0.3 is 10.5 Å². The smallest absolute Gasteiger partial charge is 0.223 e. The number of hydrogen-bond acceptors (Lipinski definition) is 5. The molecule has 0 aliphatic carbocycles. The van der Waals surface area contributed by atoms with E-state index in [2.05, 4.69) is 9.97 Å². The summed E-state index contributed by atoms with van der Waals surface area (Å²) in [7, 11) is 0. The molecule has 6 heteroatoms. The number of nitrogens with zero attached hydrogens (tertiary/aromatic N) is 2. The maximum Gasteiger partial charge on any atom is 0.223 e. The molecular formula is C11H10FN3OS. The summed E-state index contributed by atoms with van der Waals surface area (Å²) in [6, 6.07) is 5.98. The number of aromatic nitrogens is 2. The summed E-state index contributed by atoms with van der Waals surface area (Å²) in [6.07, 6.45) is 3.24. The Kier molecular flexibility index (Phi) is 3.43. The lowest BCUT2D eigenvalue weighted by molar-refractivity contribution is 0.427. The zero-order valence-electron chi connectivity index (χ0n) is 9.05. The molecule has 0 saturated carbocycles. The quantitative estimate of drug-likeness (QED) is 0.516. The van der Waals surface area contributed by atoms with Gasteiger partial charge in [-0.25, -0.2) is 14.4 Å². The monoisotopic (exact) mass is 251 g/mol. The van der Waals surface area contributed by atoms with Crippen molar-refractivity contribution >= 4 is 17.4 Å². The van der Waals surface area contributed by atoms with Crippen LogP contribution in [0.25, 0.3) is 0 Å². The van der Waals surface area contributed by atoms with Gasteiger partial charge in [-0.05, 0) is 18.4 Å². The highest BCUT2D eigenvalue weighted by molar-refractivity contribution is 7.98. The molecule has 1 aromatic heterocycles. The van der Waals surface area contributed by atoms with Crippen LogP contribution in [0.5, 0.6) is 11.6 Å². The molecule has 0 radical (unpaired) electrons. The predicted octanol–water partition coefficient (Wildman–Crippen LogP) is 2.71. The van der Waals surface area contributed by atoms with E-state index in [4.69, 9.17) is 10.5 Å². The lowest BCUT2D eigenvalue weighted by Gasteiger charge is -2.08. The summed E-state index contributed by atoms with van der Waals surface area (Å²) in [5.41, 5.74) is 5.86. The first kappa shape index (κ1) is 11.7. The second-order valence-electron chi connectivity index (χ2n) is 3.16. The Hall–Kier alpha value is -1.82. The summed E-state index contributed by atoms with van der Waals surface area (Å²) in [6.45, 7) is 0. The van der Waals surface area contributed by atoms with Crippen LogP contribution in [0.1, 0.15) is 0 Å². The fraction of sp³-hybridized carbons (Fsp3) is 0.0909. The number of halogens is 1. The van der Waals surface area contributed by atoms with Crippen LogP contribution >= 0.6 is 11.8 Å². The van der Waals surface area contributed by atoms with Gasteiger partial charge in [-0.1, -0.05) is 6.07 Å². The highest BCUT2D eigenvalue weighted by Gasteiger charge is 2.09. The topological polar surface area (TPSA) is 61.0 Å². The Balaban J connectivity index is 2.31. The van der Waals surface area contributed by atoms with Crippen molar-refractivity contribution in [2.75, 3.05) is 12.0 Å². The molecule has 2 N–H and O–H groups in total. The summed E-state index contributed by atoms with van der Waals surface area (Å²) in [5.74, 6) is -0.270. The average molecular weight is 251 g/mol. The van der Waals surface area contributed by atoms with E-state index in [1.165, 1.54) is 30.2 Å². The van der Waals surface area contributed by atoms with Crippen molar-refractivity contribution in [3.8, 4) is 11.6 Å². The van der Waals surface area contributed by atoms with Gasteiger partial charge in [0, 0.05) is 6.07 Å². The van der Waals surface area contributed by atoms with Gasteiger partial charge in [-0.2, -0.15) is 0 Å². The van der Waals surface area contributed by atoms with Gasteiger partial charge in [-0.15, -0.1) is 11.8 Å². The van der Waals surface area contributed by atoms with Crippen molar-refractivity contribution in [3.05, 3.63) is 36.4 Å². The van der Waals surface area contributed by atoms with Crippen LogP contribution in [0.4, 0.5) is 10.1 Å². The Morgan fingerprint density at radius 1 is 1.35 bits per heavy atom. The maximum absolute atomic E-state index is 13.5. The number of ether oxygens (including phenoxy) is 1. The second kappa shape index (κ2) is 5.01. The van der Waals surface area contributed by atoms with Crippen LogP contribution in [-0.2, 0) is 0 Å². The Morgan fingerprint density at radius 2 is 2.18 bits per heavy atom. The fourth-order valence-electron chi connectivity index (χ4n) is 1.23. The number of benzene rings is 1. The minimum absolute atomic E-state index is 0.0155. The van der Waals surface area contributed by atoms with E-state index in [9.17, 15) is 4.39 Å². The first-order valence-electron chi connectivity index (χ1n) is 4.78. The molecule has 1 heterocycles. The van der Waals surface area contributed by atoms with E-state index < -0.39 is 5.82 Å². The molecule has 0 aliphatic heterocycles. The lowest BCUT2D eigenvalue weighted by atomic mass is 10.3. The maximum atomic E-state index is 13.5. The molecule has 2 rings (SSSR count). The number of hydrogen-bond donors (Lipinski definition) is 1. The van der Waals surface area contributed by atoms with Gasteiger partial charge >= 0.3 is 0 Å². The van der Waals surface area contributed by atoms with Crippen LogP contribution in [0.15, 0.2) is 35.6 Å². The first-order valence-corrected chi connectivity index (χ1v) is 6.01. The van der Waals surface area contributed by atoms with E-state index in [-0.39, 0.29) is 17.3 Å². The number of nitrogen functional groups attached to an aromatic ring is 1. The van der Waals surface area contributed by atoms with E-state index in [1.54, 1.807) is 12.1 Å². The van der Waals surface area contributed by atoms with Gasteiger partial charge in [0.05, 0.1) is 5.69 Å². The van der Waals surface area contributed by atoms with Crippen LogP contribution in [-0.4, -0.2) is 16.2 Å². The molecule has 2 aromatic rings. The Bertz CT molecular complexity index is 516. The molecule has 4 nitrogen and oxygen atoms in total. The third kappa shape index (κ3) is 2.65. The minimum Gasteiger partial charge on any atom is -0.434 e. The second-order valence-corrected chi connectivity index (χ2v) is 3.99. The van der Waals surface area contributed by atoms with Crippen molar-refractivity contribution in [1.82, 2.24) is 9.97 Å². The summed E-state index contributed by atoms with van der Waals surface area (Å²) < 4.78 is 18.8. The molecule has 88 valence electrons. The van der Waals surface area contributed by atoms with Crippen LogP contribution in [0.3, 0.4) is 0 Å². The number of anilines is 1. The number of para-hydroxylation sites is 1. The fourth-order valence-corrected chi connectivity index (χ4v) is 1.60. The van der Waals surface area contributed by atoms with Crippen molar-refractivity contribution in [2.24, 2.45) is 0 Å². The standard InChI is InChI=1S/C11H10FN3OS/c1-17-10-5-9(14-6-15-10)16-11-7(12)3-2-4-8(11)13/h2-6H,13H2,1H3. The van der Waals surface area contributed by atoms with Gasteiger partial charge in [-0.3, -0.25) is 0 Å². The zero-order chi connectivity index (χ0) is 12.3. The van der Waals surface area contributed by atoms with E-state index in [1.807, 2.05) is 6.26 Å². The molecule has 0 amide bonds. The van der Waals surface area contributed by atoms with Gasteiger partial charge in [0.15, 0.2) is 11.6 Å². The first-order chi connectivity index (χ1) is 8.20. The third-order valence-corrected chi connectivity index (χ3v) is 2.67. The zero-order valence-corrected chi connectivity index (χ0v) is 9.87. The van der Waals surface area contributed by atoms with Crippen LogP contribution < -0.4 is 10.5 Å². The molecule has 0 saturated heterocycles.